The Morgan fingerprint density at radius 2 is 1.71 bits per heavy atom. The highest BCUT2D eigenvalue weighted by molar-refractivity contribution is 5.92. The van der Waals surface area contributed by atoms with Crippen molar-refractivity contribution in [3.63, 3.8) is 0 Å². The number of pyridine rings is 2. The third-order valence-electron chi connectivity index (χ3n) is 3.03. The first-order chi connectivity index (χ1) is 8.36. The van der Waals surface area contributed by atoms with Gasteiger partial charge in [-0.2, -0.15) is 0 Å². The molecule has 17 heavy (non-hydrogen) atoms. The van der Waals surface area contributed by atoms with E-state index >= 15 is 0 Å². The van der Waals surface area contributed by atoms with E-state index in [1.807, 2.05) is 24.5 Å². The maximum Gasteiger partial charge on any atom is 0.212 e. The number of hydrogen-bond acceptors (Lipinski definition) is 1. The lowest BCUT2D eigenvalue weighted by molar-refractivity contribution is -0.644. The molecular weight excluding hydrogens is 208 g/mol. The molecule has 0 amide bonds. The zero-order chi connectivity index (χ0) is 11.7. The van der Waals surface area contributed by atoms with E-state index in [9.17, 15) is 0 Å². The summed E-state index contributed by atoms with van der Waals surface area (Å²) in [6, 6.07) is 14.7. The zero-order valence-electron chi connectivity index (χ0n) is 9.67. The Balaban J connectivity index is 2.35. The van der Waals surface area contributed by atoms with Crippen molar-refractivity contribution in [1.29, 1.82) is 0 Å². The van der Waals surface area contributed by atoms with Crippen LogP contribution >= 0.6 is 0 Å². The van der Waals surface area contributed by atoms with Gasteiger partial charge in [-0.05, 0) is 23.8 Å². The standard InChI is InChI=1S/C15H13N2/c1-17-11-8-13(12-6-9-16-10-7-12)14-4-2-3-5-15(14)17/h2-11H,1H3/q+1. The van der Waals surface area contributed by atoms with Gasteiger partial charge in [0.15, 0.2) is 6.20 Å². The van der Waals surface area contributed by atoms with Gasteiger partial charge in [0.25, 0.3) is 0 Å². The van der Waals surface area contributed by atoms with Crippen LogP contribution < -0.4 is 4.57 Å². The first-order valence-corrected chi connectivity index (χ1v) is 5.64. The predicted molar refractivity (Wildman–Crippen MR) is 68.4 cm³/mol. The molecule has 2 aromatic heterocycles. The van der Waals surface area contributed by atoms with Gasteiger partial charge >= 0.3 is 0 Å². The van der Waals surface area contributed by atoms with Crippen molar-refractivity contribution >= 4 is 10.9 Å². The monoisotopic (exact) mass is 221 g/mol. The summed E-state index contributed by atoms with van der Waals surface area (Å²) in [6.07, 6.45) is 5.76. The first kappa shape index (κ1) is 9.97. The van der Waals surface area contributed by atoms with Gasteiger partial charge < -0.3 is 0 Å². The normalized spacial score (nSPS) is 10.6. The number of rotatable bonds is 1. The minimum Gasteiger partial charge on any atom is -0.265 e. The van der Waals surface area contributed by atoms with Crippen LogP contribution in [0.5, 0.6) is 0 Å². The number of aryl methyl sites for hydroxylation is 1. The predicted octanol–water partition coefficient (Wildman–Crippen LogP) is 2.73. The number of hydrogen-bond donors (Lipinski definition) is 0. The summed E-state index contributed by atoms with van der Waals surface area (Å²) in [6.45, 7) is 0. The fraction of sp³-hybridized carbons (Fsp3) is 0.0667. The largest absolute Gasteiger partial charge is 0.265 e. The highest BCUT2D eigenvalue weighted by Gasteiger charge is 2.09. The van der Waals surface area contributed by atoms with Crippen molar-refractivity contribution in [2.75, 3.05) is 0 Å². The van der Waals surface area contributed by atoms with Crippen molar-refractivity contribution in [3.8, 4) is 11.1 Å². The Bertz CT molecular complexity index is 660. The number of para-hydroxylation sites is 1. The second kappa shape index (κ2) is 3.98. The molecule has 1 aromatic carbocycles. The molecule has 0 saturated heterocycles. The molecule has 0 spiro atoms. The maximum atomic E-state index is 4.06. The van der Waals surface area contributed by atoms with E-state index in [2.05, 4.69) is 53.1 Å². The van der Waals surface area contributed by atoms with Crippen molar-refractivity contribution < 1.29 is 4.57 Å². The molecule has 0 aliphatic rings. The molecular formula is C15H13N2+. The Labute approximate surface area is 100 Å². The molecule has 2 nitrogen and oxygen atoms in total. The molecule has 3 rings (SSSR count). The minimum absolute atomic E-state index is 1.21. The van der Waals surface area contributed by atoms with E-state index in [0.29, 0.717) is 0 Å². The highest BCUT2D eigenvalue weighted by Crippen LogP contribution is 2.25. The van der Waals surface area contributed by atoms with Crippen LogP contribution in [0.4, 0.5) is 0 Å². The summed E-state index contributed by atoms with van der Waals surface area (Å²) in [5, 5.41) is 1.27. The summed E-state index contributed by atoms with van der Waals surface area (Å²) < 4.78 is 2.14. The van der Waals surface area contributed by atoms with E-state index in [1.54, 1.807) is 0 Å². The van der Waals surface area contributed by atoms with Crippen LogP contribution in [0, 0.1) is 0 Å². The molecule has 0 N–H and O–H groups in total. The topological polar surface area (TPSA) is 16.8 Å². The van der Waals surface area contributed by atoms with Crippen LogP contribution in [0.25, 0.3) is 22.0 Å². The van der Waals surface area contributed by atoms with Crippen LogP contribution in [0.2, 0.25) is 0 Å². The van der Waals surface area contributed by atoms with Crippen LogP contribution in [-0.4, -0.2) is 4.98 Å². The highest BCUT2D eigenvalue weighted by atomic mass is 14.9. The van der Waals surface area contributed by atoms with Gasteiger partial charge in [-0.25, -0.2) is 4.57 Å². The zero-order valence-corrected chi connectivity index (χ0v) is 9.67. The number of nitrogens with zero attached hydrogens (tertiary/aromatic N) is 2. The van der Waals surface area contributed by atoms with Crippen molar-refractivity contribution in [1.82, 2.24) is 4.98 Å². The van der Waals surface area contributed by atoms with E-state index in [-0.39, 0.29) is 0 Å². The molecule has 0 unspecified atom stereocenters. The fourth-order valence-corrected chi connectivity index (χ4v) is 2.15. The lowest BCUT2D eigenvalue weighted by Gasteiger charge is -2.04. The molecule has 0 saturated carbocycles. The van der Waals surface area contributed by atoms with Crippen molar-refractivity contribution in [2.24, 2.45) is 7.05 Å². The van der Waals surface area contributed by atoms with Gasteiger partial charge in [-0.15, -0.1) is 0 Å². The molecule has 0 bridgehead atoms. The van der Waals surface area contributed by atoms with Gasteiger partial charge in [0.1, 0.15) is 7.05 Å². The third-order valence-corrected chi connectivity index (χ3v) is 3.03. The van der Waals surface area contributed by atoms with E-state index in [1.165, 1.54) is 22.0 Å². The van der Waals surface area contributed by atoms with E-state index in [0.717, 1.165) is 0 Å². The number of aromatic nitrogens is 2. The molecule has 0 aliphatic heterocycles. The summed E-state index contributed by atoms with van der Waals surface area (Å²) in [5.41, 5.74) is 3.69. The van der Waals surface area contributed by atoms with Crippen molar-refractivity contribution in [2.45, 2.75) is 0 Å². The lowest BCUT2D eigenvalue weighted by atomic mass is 10.0. The van der Waals surface area contributed by atoms with Gasteiger partial charge in [0.05, 0.1) is 5.39 Å². The van der Waals surface area contributed by atoms with Crippen LogP contribution in [0.1, 0.15) is 0 Å². The van der Waals surface area contributed by atoms with Gasteiger partial charge in [0, 0.05) is 30.1 Å². The SMILES string of the molecule is C[n+]1ccc(-c2ccncc2)c2ccccc21. The fourth-order valence-electron chi connectivity index (χ4n) is 2.15. The van der Waals surface area contributed by atoms with Gasteiger partial charge in [-0.3, -0.25) is 4.98 Å². The second-order valence-corrected chi connectivity index (χ2v) is 4.09. The Morgan fingerprint density at radius 3 is 2.53 bits per heavy atom. The molecule has 2 heteroatoms. The number of fused-ring (bicyclic) bond motifs is 1. The van der Waals surface area contributed by atoms with Gasteiger partial charge in [-0.1, -0.05) is 12.1 Å². The molecule has 2 heterocycles. The first-order valence-electron chi connectivity index (χ1n) is 5.64. The Hall–Kier alpha value is -2.22. The molecule has 0 atom stereocenters. The van der Waals surface area contributed by atoms with Crippen molar-refractivity contribution in [3.05, 3.63) is 61.1 Å². The summed E-state index contributed by atoms with van der Waals surface area (Å²) in [4.78, 5) is 4.06. The summed E-state index contributed by atoms with van der Waals surface area (Å²) >= 11 is 0. The molecule has 3 aromatic rings. The molecule has 82 valence electrons. The smallest absolute Gasteiger partial charge is 0.212 e. The molecule has 0 aliphatic carbocycles. The van der Waals surface area contributed by atoms with Crippen LogP contribution in [0.15, 0.2) is 61.1 Å². The average molecular weight is 221 g/mol. The third kappa shape index (κ3) is 1.68. The van der Waals surface area contributed by atoms with Gasteiger partial charge in [0.2, 0.25) is 5.52 Å². The molecule has 0 fully saturated rings. The summed E-state index contributed by atoms with van der Waals surface area (Å²) in [5.74, 6) is 0. The Kier molecular flexibility index (Phi) is 2.33. The minimum atomic E-state index is 1.21. The Morgan fingerprint density at radius 1 is 0.941 bits per heavy atom. The summed E-state index contributed by atoms with van der Waals surface area (Å²) in [7, 11) is 2.07. The lowest BCUT2D eigenvalue weighted by Crippen LogP contribution is -2.28. The van der Waals surface area contributed by atoms with E-state index < -0.39 is 0 Å². The quantitative estimate of drug-likeness (QED) is 0.577. The van der Waals surface area contributed by atoms with Crippen LogP contribution in [0.3, 0.4) is 0 Å². The second-order valence-electron chi connectivity index (χ2n) is 4.09. The number of benzene rings is 1. The van der Waals surface area contributed by atoms with E-state index in [4.69, 9.17) is 0 Å². The molecule has 0 radical (unpaired) electrons. The van der Waals surface area contributed by atoms with Crippen LogP contribution in [-0.2, 0) is 7.05 Å². The maximum absolute atomic E-state index is 4.06. The average Bonchev–Trinajstić information content (AvgIpc) is 2.41.